The number of fused-ring (bicyclic) bond motifs is 2. The van der Waals surface area contributed by atoms with Crippen LogP contribution in [-0.4, -0.2) is 24.5 Å². The summed E-state index contributed by atoms with van der Waals surface area (Å²) in [6.45, 7) is 1.93. The Bertz CT molecular complexity index is 699. The molecule has 0 amide bonds. The molecule has 0 bridgehead atoms. The highest BCUT2D eigenvalue weighted by atomic mass is 15.1. The molecule has 0 radical (unpaired) electrons. The Hall–Kier alpha value is -2.24. The molecule has 0 unspecified atom stereocenters. The first kappa shape index (κ1) is 9.02. The molecule has 0 fully saturated rings. The van der Waals surface area contributed by atoms with Gasteiger partial charge in [-0.15, -0.1) is 0 Å². The molecule has 3 rings (SSSR count). The third-order valence-electron chi connectivity index (χ3n) is 2.70. The summed E-state index contributed by atoms with van der Waals surface area (Å²) in [5.74, 6) is 1.34. The lowest BCUT2D eigenvalue weighted by molar-refractivity contribution is 0.875. The van der Waals surface area contributed by atoms with Crippen molar-refractivity contribution in [2.75, 3.05) is 5.73 Å². The lowest BCUT2D eigenvalue weighted by Gasteiger charge is -2.00. The predicted molar refractivity (Wildman–Crippen MR) is 60.8 cm³/mol. The Morgan fingerprint density at radius 3 is 2.88 bits per heavy atom. The number of aryl methyl sites for hydroxylation is 2. The number of hydrogen-bond donors (Lipinski definition) is 1. The van der Waals surface area contributed by atoms with Crippen LogP contribution in [-0.2, 0) is 7.05 Å². The molecule has 6 nitrogen and oxygen atoms in total. The third kappa shape index (κ3) is 1.06. The maximum absolute atomic E-state index is 5.77. The third-order valence-corrected chi connectivity index (χ3v) is 2.70. The van der Waals surface area contributed by atoms with Gasteiger partial charge in [-0.05, 0) is 13.0 Å². The lowest BCUT2D eigenvalue weighted by atomic mass is 10.3. The summed E-state index contributed by atoms with van der Waals surface area (Å²) in [6.07, 6.45) is 1.42. The highest BCUT2D eigenvalue weighted by molar-refractivity contribution is 5.93. The summed E-state index contributed by atoms with van der Waals surface area (Å²) in [4.78, 5) is 16.9. The van der Waals surface area contributed by atoms with Gasteiger partial charge in [0.05, 0.1) is 5.39 Å². The van der Waals surface area contributed by atoms with E-state index in [0.717, 1.165) is 22.4 Å². The van der Waals surface area contributed by atoms with Gasteiger partial charge in [-0.1, -0.05) is 0 Å². The van der Waals surface area contributed by atoms with Gasteiger partial charge in [-0.3, -0.25) is 0 Å². The number of nitrogens with two attached hydrogens (primary N) is 1. The minimum atomic E-state index is 0.433. The first-order valence-corrected chi connectivity index (χ1v) is 4.87. The topological polar surface area (TPSA) is 82.5 Å². The second kappa shape index (κ2) is 2.88. The van der Waals surface area contributed by atoms with Crippen LogP contribution in [0.3, 0.4) is 0 Å². The molecule has 3 aromatic heterocycles. The van der Waals surface area contributed by atoms with Crippen LogP contribution in [0, 0.1) is 6.92 Å². The molecule has 0 atom stereocenters. The van der Waals surface area contributed by atoms with Crippen molar-refractivity contribution in [2.24, 2.45) is 7.05 Å². The van der Waals surface area contributed by atoms with Crippen molar-refractivity contribution in [1.82, 2.24) is 24.5 Å². The van der Waals surface area contributed by atoms with Gasteiger partial charge in [0.25, 0.3) is 0 Å². The molecule has 0 aromatic carbocycles. The number of imidazole rings is 1. The molecular weight excluding hydrogens is 204 g/mol. The maximum atomic E-state index is 5.77. The number of pyridine rings is 1. The van der Waals surface area contributed by atoms with E-state index < -0.39 is 0 Å². The summed E-state index contributed by atoms with van der Waals surface area (Å²) >= 11 is 0. The Morgan fingerprint density at radius 2 is 2.06 bits per heavy atom. The smallest absolute Gasteiger partial charge is 0.167 e. The zero-order chi connectivity index (χ0) is 11.3. The van der Waals surface area contributed by atoms with Crippen LogP contribution >= 0.6 is 0 Å². The van der Waals surface area contributed by atoms with Crippen LogP contribution in [0.4, 0.5) is 5.82 Å². The summed E-state index contributed by atoms with van der Waals surface area (Å²) < 4.78 is 1.92. The summed E-state index contributed by atoms with van der Waals surface area (Å²) in [5, 5.41) is 0.744. The molecule has 3 aromatic rings. The van der Waals surface area contributed by atoms with Crippen LogP contribution in [0.2, 0.25) is 0 Å². The molecule has 0 aliphatic carbocycles. The quantitative estimate of drug-likeness (QED) is 0.598. The average molecular weight is 214 g/mol. The van der Waals surface area contributed by atoms with Gasteiger partial charge in [-0.25, -0.2) is 19.9 Å². The van der Waals surface area contributed by atoms with Crippen molar-refractivity contribution in [3.63, 3.8) is 0 Å². The Kier molecular flexibility index (Phi) is 1.62. The fourth-order valence-electron chi connectivity index (χ4n) is 1.72. The number of anilines is 1. The molecular formula is C10H10N6. The highest BCUT2D eigenvalue weighted by Gasteiger charge is 2.09. The second-order valence-corrected chi connectivity index (χ2v) is 3.68. The lowest BCUT2D eigenvalue weighted by Crippen LogP contribution is -1.97. The number of hydrogen-bond acceptors (Lipinski definition) is 5. The molecule has 80 valence electrons. The van der Waals surface area contributed by atoms with E-state index in [-0.39, 0.29) is 0 Å². The second-order valence-electron chi connectivity index (χ2n) is 3.68. The first-order chi connectivity index (χ1) is 7.66. The van der Waals surface area contributed by atoms with Crippen LogP contribution in [0.25, 0.3) is 22.2 Å². The Labute approximate surface area is 91.2 Å². The highest BCUT2D eigenvalue weighted by Crippen LogP contribution is 2.20. The van der Waals surface area contributed by atoms with Crippen molar-refractivity contribution in [3.05, 3.63) is 18.2 Å². The van der Waals surface area contributed by atoms with Gasteiger partial charge < -0.3 is 10.3 Å². The van der Waals surface area contributed by atoms with E-state index in [2.05, 4.69) is 19.9 Å². The minimum absolute atomic E-state index is 0.433. The largest absolute Gasteiger partial charge is 0.383 e. The Morgan fingerprint density at radius 1 is 1.25 bits per heavy atom. The average Bonchev–Trinajstić information content (AvgIpc) is 2.54. The summed E-state index contributed by atoms with van der Waals surface area (Å²) in [6, 6.07) is 1.88. The van der Waals surface area contributed by atoms with Crippen molar-refractivity contribution in [1.29, 1.82) is 0 Å². The Balaban J connectivity index is 2.54. The predicted octanol–water partition coefficient (Wildman–Crippen LogP) is 0.802. The zero-order valence-electron chi connectivity index (χ0n) is 8.97. The number of nitrogens with zero attached hydrogens (tertiary/aromatic N) is 5. The van der Waals surface area contributed by atoms with E-state index in [9.17, 15) is 0 Å². The first-order valence-electron chi connectivity index (χ1n) is 4.87. The van der Waals surface area contributed by atoms with E-state index in [1.165, 1.54) is 6.33 Å². The standard InChI is InChI=1S/C10H10N6/c1-5-14-7-3-6-8(11)12-4-13-9(6)15-10(7)16(5)2/h3-4H,1-2H3,(H2,11,12,13,15). The van der Waals surface area contributed by atoms with Crippen molar-refractivity contribution < 1.29 is 0 Å². The van der Waals surface area contributed by atoms with E-state index in [0.29, 0.717) is 11.5 Å². The van der Waals surface area contributed by atoms with Crippen LogP contribution in [0.5, 0.6) is 0 Å². The van der Waals surface area contributed by atoms with E-state index in [1.807, 2.05) is 24.6 Å². The fraction of sp³-hybridized carbons (Fsp3) is 0.200. The van der Waals surface area contributed by atoms with E-state index in [4.69, 9.17) is 5.73 Å². The van der Waals surface area contributed by atoms with Gasteiger partial charge in [0, 0.05) is 7.05 Å². The fourth-order valence-corrected chi connectivity index (χ4v) is 1.72. The van der Waals surface area contributed by atoms with Crippen LogP contribution < -0.4 is 5.73 Å². The molecule has 0 aliphatic rings. The molecule has 0 spiro atoms. The number of rotatable bonds is 0. The molecule has 0 aliphatic heterocycles. The number of nitrogen functional groups attached to an aromatic ring is 1. The van der Waals surface area contributed by atoms with Gasteiger partial charge >= 0.3 is 0 Å². The van der Waals surface area contributed by atoms with E-state index >= 15 is 0 Å². The monoisotopic (exact) mass is 214 g/mol. The van der Waals surface area contributed by atoms with Crippen molar-refractivity contribution in [3.8, 4) is 0 Å². The van der Waals surface area contributed by atoms with Crippen molar-refractivity contribution in [2.45, 2.75) is 6.92 Å². The van der Waals surface area contributed by atoms with Crippen molar-refractivity contribution >= 4 is 28.0 Å². The maximum Gasteiger partial charge on any atom is 0.167 e. The zero-order valence-corrected chi connectivity index (χ0v) is 8.97. The molecule has 16 heavy (non-hydrogen) atoms. The van der Waals surface area contributed by atoms with Crippen LogP contribution in [0.1, 0.15) is 5.82 Å². The summed E-state index contributed by atoms with van der Waals surface area (Å²) in [5.41, 5.74) is 7.99. The normalized spacial score (nSPS) is 11.4. The minimum Gasteiger partial charge on any atom is -0.383 e. The van der Waals surface area contributed by atoms with Gasteiger partial charge in [0.15, 0.2) is 11.3 Å². The van der Waals surface area contributed by atoms with Gasteiger partial charge in [0.1, 0.15) is 23.5 Å². The van der Waals surface area contributed by atoms with Gasteiger partial charge in [0.2, 0.25) is 0 Å². The molecule has 0 saturated heterocycles. The van der Waals surface area contributed by atoms with Gasteiger partial charge in [-0.2, -0.15) is 0 Å². The molecule has 2 N–H and O–H groups in total. The van der Waals surface area contributed by atoms with E-state index in [1.54, 1.807) is 0 Å². The molecule has 6 heteroatoms. The summed E-state index contributed by atoms with van der Waals surface area (Å²) in [7, 11) is 1.92. The SMILES string of the molecule is Cc1nc2cc3c(N)ncnc3nc2n1C. The van der Waals surface area contributed by atoms with Crippen LogP contribution in [0.15, 0.2) is 12.4 Å². The molecule has 3 heterocycles. The molecule has 0 saturated carbocycles. The number of aromatic nitrogens is 5.